The number of aliphatic hydroxyl groups is 1. The quantitative estimate of drug-likeness (QED) is 0.521. The minimum absolute atomic E-state index is 0.201. The number of nitrogens with zero attached hydrogens (tertiary/aromatic N) is 1. The van der Waals surface area contributed by atoms with Crippen molar-refractivity contribution in [3.63, 3.8) is 0 Å². The van der Waals surface area contributed by atoms with Gasteiger partial charge in [0.25, 0.3) is 10.0 Å². The number of rotatable bonds is 6. The summed E-state index contributed by atoms with van der Waals surface area (Å²) in [5, 5.41) is 12.1. The van der Waals surface area contributed by atoms with Crippen LogP contribution in [0.15, 0.2) is 95.5 Å². The van der Waals surface area contributed by atoms with E-state index in [0.717, 1.165) is 18.4 Å². The van der Waals surface area contributed by atoms with Gasteiger partial charge in [-0.15, -0.1) is 0 Å². The SMILES string of the molecule is CCCC/C=C1\N(S(=O)(=O)c2ccc(C)cc2)c2ccccc2C1(O)c1ccccc1. The fraction of sp³-hybridized carbons (Fsp3) is 0.231. The summed E-state index contributed by atoms with van der Waals surface area (Å²) < 4.78 is 29.0. The van der Waals surface area contributed by atoms with Gasteiger partial charge in [0.1, 0.15) is 0 Å². The highest BCUT2D eigenvalue weighted by atomic mass is 32.2. The lowest BCUT2D eigenvalue weighted by atomic mass is 9.85. The Balaban J connectivity index is 1.98. The fourth-order valence-electron chi connectivity index (χ4n) is 4.10. The molecule has 0 aromatic heterocycles. The largest absolute Gasteiger partial charge is 0.374 e. The van der Waals surface area contributed by atoms with Gasteiger partial charge in [0.05, 0.1) is 16.3 Å². The number of benzene rings is 3. The molecule has 0 saturated heterocycles. The molecule has 4 rings (SSSR count). The van der Waals surface area contributed by atoms with Gasteiger partial charge in [-0.2, -0.15) is 0 Å². The van der Waals surface area contributed by atoms with E-state index >= 15 is 0 Å². The summed E-state index contributed by atoms with van der Waals surface area (Å²) in [6, 6.07) is 23.3. The lowest BCUT2D eigenvalue weighted by molar-refractivity contribution is 0.127. The number of allylic oxidation sites excluding steroid dienone is 1. The van der Waals surface area contributed by atoms with Gasteiger partial charge in [0.2, 0.25) is 0 Å². The molecule has 160 valence electrons. The number of fused-ring (bicyclic) bond motifs is 1. The average molecular weight is 434 g/mol. The number of sulfonamides is 1. The van der Waals surface area contributed by atoms with Crippen molar-refractivity contribution in [3.05, 3.63) is 107 Å². The van der Waals surface area contributed by atoms with Gasteiger partial charge in [0.15, 0.2) is 5.60 Å². The molecular weight excluding hydrogens is 406 g/mol. The van der Waals surface area contributed by atoms with Crippen LogP contribution in [0.5, 0.6) is 0 Å². The van der Waals surface area contributed by atoms with E-state index in [0.29, 0.717) is 28.9 Å². The van der Waals surface area contributed by atoms with Gasteiger partial charge < -0.3 is 5.11 Å². The van der Waals surface area contributed by atoms with Gasteiger partial charge >= 0.3 is 0 Å². The topological polar surface area (TPSA) is 57.6 Å². The molecule has 4 nitrogen and oxygen atoms in total. The summed E-state index contributed by atoms with van der Waals surface area (Å²) in [6.07, 6.45) is 4.44. The van der Waals surface area contributed by atoms with E-state index in [2.05, 4.69) is 6.92 Å². The average Bonchev–Trinajstić information content (AvgIpc) is 3.05. The minimum atomic E-state index is -3.93. The van der Waals surface area contributed by atoms with E-state index in [9.17, 15) is 13.5 Å². The van der Waals surface area contributed by atoms with Crippen molar-refractivity contribution in [1.82, 2.24) is 0 Å². The van der Waals surface area contributed by atoms with Gasteiger partial charge in [-0.3, -0.25) is 0 Å². The molecule has 5 heteroatoms. The van der Waals surface area contributed by atoms with Crippen LogP contribution in [0.3, 0.4) is 0 Å². The maximum absolute atomic E-state index is 13.8. The van der Waals surface area contributed by atoms with Crippen LogP contribution in [0, 0.1) is 6.92 Å². The molecule has 1 atom stereocenters. The number of aryl methyl sites for hydroxylation is 1. The van der Waals surface area contributed by atoms with Crippen LogP contribution >= 0.6 is 0 Å². The molecule has 1 heterocycles. The zero-order valence-electron chi connectivity index (χ0n) is 17.8. The molecule has 1 aliphatic rings. The van der Waals surface area contributed by atoms with Crippen molar-refractivity contribution >= 4 is 15.7 Å². The van der Waals surface area contributed by atoms with E-state index < -0.39 is 15.6 Å². The van der Waals surface area contributed by atoms with E-state index in [1.165, 1.54) is 4.31 Å². The Bertz CT molecular complexity index is 1200. The van der Waals surface area contributed by atoms with Crippen LogP contribution in [-0.2, 0) is 15.6 Å². The van der Waals surface area contributed by atoms with Crippen LogP contribution in [0.25, 0.3) is 0 Å². The summed E-state index contributed by atoms with van der Waals surface area (Å²) in [5.74, 6) is 0. The summed E-state index contributed by atoms with van der Waals surface area (Å²) in [7, 11) is -3.93. The Labute approximate surface area is 184 Å². The fourth-order valence-corrected chi connectivity index (χ4v) is 5.68. The van der Waals surface area contributed by atoms with E-state index in [1.54, 1.807) is 42.5 Å². The summed E-state index contributed by atoms with van der Waals surface area (Å²) in [5.41, 5.74) is 1.50. The maximum Gasteiger partial charge on any atom is 0.268 e. The Hall–Kier alpha value is -2.89. The van der Waals surface area contributed by atoms with Crippen molar-refractivity contribution in [2.24, 2.45) is 0 Å². The maximum atomic E-state index is 13.8. The highest BCUT2D eigenvalue weighted by Gasteiger charge is 2.51. The minimum Gasteiger partial charge on any atom is -0.374 e. The molecule has 3 aromatic rings. The van der Waals surface area contributed by atoms with Crippen molar-refractivity contribution < 1.29 is 13.5 Å². The van der Waals surface area contributed by atoms with E-state index in [-0.39, 0.29) is 4.90 Å². The van der Waals surface area contributed by atoms with Crippen LogP contribution < -0.4 is 4.31 Å². The first-order valence-electron chi connectivity index (χ1n) is 10.6. The number of unbranched alkanes of at least 4 members (excludes halogenated alkanes) is 2. The van der Waals surface area contributed by atoms with Crippen molar-refractivity contribution in [1.29, 1.82) is 0 Å². The molecule has 0 amide bonds. The number of anilines is 1. The molecule has 1 unspecified atom stereocenters. The molecule has 0 bridgehead atoms. The molecule has 0 radical (unpaired) electrons. The zero-order chi connectivity index (χ0) is 22.1. The van der Waals surface area contributed by atoms with Gasteiger partial charge in [-0.1, -0.05) is 92.1 Å². The second kappa shape index (κ2) is 8.33. The first-order chi connectivity index (χ1) is 14.9. The Morgan fingerprint density at radius 1 is 0.935 bits per heavy atom. The molecule has 0 aliphatic carbocycles. The van der Waals surface area contributed by atoms with Gasteiger partial charge in [-0.05, 0) is 37.1 Å². The molecule has 0 spiro atoms. The monoisotopic (exact) mass is 433 g/mol. The first kappa shape index (κ1) is 21.3. The number of para-hydroxylation sites is 1. The van der Waals surface area contributed by atoms with Crippen LogP contribution in [-0.4, -0.2) is 13.5 Å². The molecule has 0 saturated carbocycles. The van der Waals surface area contributed by atoms with Crippen molar-refractivity contribution in [3.8, 4) is 0 Å². The molecule has 1 aliphatic heterocycles. The third-order valence-electron chi connectivity index (χ3n) is 5.75. The number of hydrogen-bond acceptors (Lipinski definition) is 3. The molecule has 3 aromatic carbocycles. The normalized spacial score (nSPS) is 19.6. The summed E-state index contributed by atoms with van der Waals surface area (Å²) >= 11 is 0. The summed E-state index contributed by atoms with van der Waals surface area (Å²) in [4.78, 5) is 0.201. The predicted molar refractivity (Wildman–Crippen MR) is 124 cm³/mol. The summed E-state index contributed by atoms with van der Waals surface area (Å²) in [6.45, 7) is 4.01. The zero-order valence-corrected chi connectivity index (χ0v) is 18.6. The third kappa shape index (κ3) is 3.58. The van der Waals surface area contributed by atoms with Crippen molar-refractivity contribution in [2.75, 3.05) is 4.31 Å². The first-order valence-corrected chi connectivity index (χ1v) is 12.0. The van der Waals surface area contributed by atoms with Crippen LogP contribution in [0.1, 0.15) is 42.9 Å². The lowest BCUT2D eigenvalue weighted by Crippen LogP contribution is -2.35. The molecular formula is C26H27NO3S. The lowest BCUT2D eigenvalue weighted by Gasteiger charge is -2.29. The second-order valence-corrected chi connectivity index (χ2v) is 9.69. The Morgan fingerprint density at radius 2 is 1.58 bits per heavy atom. The molecule has 1 N–H and O–H groups in total. The second-order valence-electron chi connectivity index (χ2n) is 7.91. The number of hydrogen-bond donors (Lipinski definition) is 1. The smallest absolute Gasteiger partial charge is 0.268 e. The van der Waals surface area contributed by atoms with E-state index in [4.69, 9.17) is 0 Å². The van der Waals surface area contributed by atoms with Crippen molar-refractivity contribution in [2.45, 2.75) is 43.6 Å². The van der Waals surface area contributed by atoms with Gasteiger partial charge in [0, 0.05) is 5.56 Å². The van der Waals surface area contributed by atoms with E-state index in [1.807, 2.05) is 49.4 Å². The van der Waals surface area contributed by atoms with Crippen LogP contribution in [0.2, 0.25) is 0 Å². The molecule has 31 heavy (non-hydrogen) atoms. The highest BCUT2D eigenvalue weighted by Crippen LogP contribution is 2.52. The standard InChI is InChI=1S/C26H27NO3S/c1-3-4-6-15-25-26(28,21-11-7-5-8-12-21)23-13-9-10-14-24(23)27(25)31(29,30)22-18-16-20(2)17-19-22/h5,7-19,28H,3-4,6H2,1-2H3/b25-15-. The van der Waals surface area contributed by atoms with Crippen LogP contribution in [0.4, 0.5) is 5.69 Å². The van der Waals surface area contributed by atoms with Gasteiger partial charge in [-0.25, -0.2) is 12.7 Å². The predicted octanol–water partition coefficient (Wildman–Crippen LogP) is 5.51. The third-order valence-corrected chi connectivity index (χ3v) is 7.49. The molecule has 0 fully saturated rings. The highest BCUT2D eigenvalue weighted by molar-refractivity contribution is 7.93. The Morgan fingerprint density at radius 3 is 2.26 bits per heavy atom. The Kier molecular flexibility index (Phi) is 5.73.